The highest BCUT2D eigenvalue weighted by molar-refractivity contribution is 9.11. The number of rotatable bonds is 7. The molecule has 0 bridgehead atoms. The van der Waals surface area contributed by atoms with Crippen LogP contribution in [0.1, 0.15) is 50.5 Å². The molecule has 0 radical (unpaired) electrons. The molecule has 2 N–H and O–H groups in total. The van der Waals surface area contributed by atoms with Gasteiger partial charge >= 0.3 is 0 Å². The summed E-state index contributed by atoms with van der Waals surface area (Å²) in [5, 5.41) is 3.18. The van der Waals surface area contributed by atoms with E-state index in [1.807, 2.05) is 12.1 Å². The predicted octanol–water partition coefficient (Wildman–Crippen LogP) is 5.04. The van der Waals surface area contributed by atoms with E-state index in [0.29, 0.717) is 11.6 Å². The summed E-state index contributed by atoms with van der Waals surface area (Å²) in [4.78, 5) is 12.8. The van der Waals surface area contributed by atoms with Gasteiger partial charge in [-0.05, 0) is 77.4 Å². The van der Waals surface area contributed by atoms with E-state index in [2.05, 4.69) is 26.0 Å². The fraction of sp³-hybridized carbons (Fsp3) is 0.476. The Morgan fingerprint density at radius 2 is 1.76 bits per heavy atom. The molecule has 1 heterocycles. The molecule has 0 spiro atoms. The lowest BCUT2D eigenvalue weighted by Gasteiger charge is -2.23. The molecule has 4 rings (SSSR count). The van der Waals surface area contributed by atoms with Crippen molar-refractivity contribution in [2.75, 3.05) is 11.3 Å². The number of nitrogens with one attached hydrogen (secondary N) is 2. The summed E-state index contributed by atoms with van der Waals surface area (Å²) in [5.41, 5.74) is 1.02. The third-order valence-corrected chi connectivity index (χ3v) is 9.46. The first-order valence-corrected chi connectivity index (χ1v) is 13.2. The van der Waals surface area contributed by atoms with Gasteiger partial charge in [0, 0.05) is 12.2 Å². The van der Waals surface area contributed by atoms with Crippen molar-refractivity contribution in [1.82, 2.24) is 5.32 Å². The number of sulfonamides is 1. The summed E-state index contributed by atoms with van der Waals surface area (Å²) in [7, 11) is -3.60. The summed E-state index contributed by atoms with van der Waals surface area (Å²) in [6, 6.07) is 10.5. The Labute approximate surface area is 184 Å². The molecule has 0 saturated heterocycles. The van der Waals surface area contributed by atoms with Crippen molar-refractivity contribution in [1.29, 1.82) is 0 Å². The zero-order valence-electron chi connectivity index (χ0n) is 16.1. The molecule has 29 heavy (non-hydrogen) atoms. The summed E-state index contributed by atoms with van der Waals surface area (Å²) >= 11 is 4.45. The standard InChI is InChI=1S/C21H25BrN2O3S2/c22-18-10-11-19(28-18)29(26,27)24-17-8-6-16(7-9-17)21(12-13-21)20(25)23-14-15-4-2-1-3-5-15/h6-11,15,24H,1-5,12-14H2,(H,23,25). The topological polar surface area (TPSA) is 75.3 Å². The van der Waals surface area contributed by atoms with Crippen LogP contribution in [0, 0.1) is 5.92 Å². The van der Waals surface area contributed by atoms with E-state index >= 15 is 0 Å². The minimum absolute atomic E-state index is 0.111. The van der Waals surface area contributed by atoms with Crippen molar-refractivity contribution in [3.8, 4) is 0 Å². The molecule has 2 aromatic rings. The molecule has 1 amide bonds. The minimum Gasteiger partial charge on any atom is -0.355 e. The highest BCUT2D eigenvalue weighted by atomic mass is 79.9. The van der Waals surface area contributed by atoms with Gasteiger partial charge in [0.15, 0.2) is 0 Å². The van der Waals surface area contributed by atoms with Crippen LogP contribution in [0.15, 0.2) is 44.4 Å². The number of carbonyl (C=O) groups excluding carboxylic acids is 1. The Morgan fingerprint density at radius 1 is 1.07 bits per heavy atom. The molecule has 0 unspecified atom stereocenters. The molecule has 0 atom stereocenters. The van der Waals surface area contributed by atoms with Crippen LogP contribution in [0.4, 0.5) is 5.69 Å². The number of benzene rings is 1. The van der Waals surface area contributed by atoms with Gasteiger partial charge in [-0.25, -0.2) is 8.42 Å². The molecule has 1 aromatic carbocycles. The zero-order valence-corrected chi connectivity index (χ0v) is 19.3. The van der Waals surface area contributed by atoms with Crippen LogP contribution in [-0.4, -0.2) is 20.9 Å². The van der Waals surface area contributed by atoms with E-state index in [-0.39, 0.29) is 10.1 Å². The van der Waals surface area contributed by atoms with Gasteiger partial charge in [0.2, 0.25) is 5.91 Å². The van der Waals surface area contributed by atoms with Gasteiger partial charge in [0.1, 0.15) is 4.21 Å². The second kappa shape index (κ2) is 8.40. The molecule has 5 nitrogen and oxygen atoms in total. The van der Waals surface area contributed by atoms with Gasteiger partial charge < -0.3 is 5.32 Å². The Kier molecular flexibility index (Phi) is 6.04. The van der Waals surface area contributed by atoms with Gasteiger partial charge in [0.05, 0.1) is 9.20 Å². The Balaban J connectivity index is 1.40. The molecule has 2 fully saturated rings. The average Bonchev–Trinajstić information content (AvgIpc) is 3.41. The van der Waals surface area contributed by atoms with E-state index in [0.717, 1.165) is 28.7 Å². The molecule has 156 valence electrons. The number of hydrogen-bond donors (Lipinski definition) is 2. The molecular formula is C21H25BrN2O3S2. The van der Waals surface area contributed by atoms with Gasteiger partial charge in [-0.3, -0.25) is 9.52 Å². The van der Waals surface area contributed by atoms with Crippen molar-refractivity contribution in [3.63, 3.8) is 0 Å². The number of thiophene rings is 1. The molecule has 2 aliphatic carbocycles. The van der Waals surface area contributed by atoms with Gasteiger partial charge in [-0.15, -0.1) is 11.3 Å². The van der Waals surface area contributed by atoms with Crippen LogP contribution in [0.5, 0.6) is 0 Å². The highest BCUT2D eigenvalue weighted by Crippen LogP contribution is 2.48. The summed E-state index contributed by atoms with van der Waals surface area (Å²) in [6.07, 6.45) is 7.96. The third-order valence-electron chi connectivity index (χ3n) is 5.96. The third kappa shape index (κ3) is 4.70. The van der Waals surface area contributed by atoms with Gasteiger partial charge in [0.25, 0.3) is 10.0 Å². The first kappa shape index (κ1) is 20.9. The molecular weight excluding hydrogens is 472 g/mol. The van der Waals surface area contributed by atoms with Crippen LogP contribution >= 0.6 is 27.3 Å². The lowest BCUT2D eigenvalue weighted by atomic mass is 9.88. The summed E-state index contributed by atoms with van der Waals surface area (Å²) in [6.45, 7) is 0.773. The van der Waals surface area contributed by atoms with Crippen LogP contribution in [0.2, 0.25) is 0 Å². The van der Waals surface area contributed by atoms with Crippen molar-refractivity contribution in [2.24, 2.45) is 5.92 Å². The monoisotopic (exact) mass is 496 g/mol. The Morgan fingerprint density at radius 3 is 2.34 bits per heavy atom. The van der Waals surface area contributed by atoms with Gasteiger partial charge in [-0.1, -0.05) is 31.4 Å². The second-order valence-corrected chi connectivity index (χ2v) is 12.4. The highest BCUT2D eigenvalue weighted by Gasteiger charge is 2.51. The summed E-state index contributed by atoms with van der Waals surface area (Å²) < 4.78 is 28.6. The van der Waals surface area contributed by atoms with Crippen molar-refractivity contribution in [3.05, 3.63) is 45.7 Å². The fourth-order valence-electron chi connectivity index (χ4n) is 4.07. The molecule has 1 aromatic heterocycles. The van der Waals surface area contributed by atoms with E-state index in [1.165, 1.54) is 43.4 Å². The number of amides is 1. The van der Waals surface area contributed by atoms with Crippen LogP contribution in [0.25, 0.3) is 0 Å². The number of carbonyl (C=O) groups is 1. The van der Waals surface area contributed by atoms with Crippen molar-refractivity contribution < 1.29 is 13.2 Å². The molecule has 0 aliphatic heterocycles. The van der Waals surface area contributed by atoms with Crippen LogP contribution in [0.3, 0.4) is 0 Å². The fourth-order valence-corrected chi connectivity index (χ4v) is 7.14. The molecule has 2 aliphatic rings. The van der Waals surface area contributed by atoms with Gasteiger partial charge in [-0.2, -0.15) is 0 Å². The Hall–Kier alpha value is -1.38. The van der Waals surface area contributed by atoms with Crippen molar-refractivity contribution >= 4 is 48.9 Å². The van der Waals surface area contributed by atoms with E-state index in [4.69, 9.17) is 0 Å². The maximum Gasteiger partial charge on any atom is 0.271 e. The van der Waals surface area contributed by atoms with Crippen molar-refractivity contribution in [2.45, 2.75) is 54.6 Å². The number of anilines is 1. The number of halogens is 1. The lowest BCUT2D eigenvalue weighted by molar-refractivity contribution is -0.123. The van der Waals surface area contributed by atoms with Crippen LogP contribution in [-0.2, 0) is 20.2 Å². The van der Waals surface area contributed by atoms with Crippen LogP contribution < -0.4 is 10.0 Å². The largest absolute Gasteiger partial charge is 0.355 e. The maximum absolute atomic E-state index is 12.8. The minimum atomic E-state index is -3.60. The SMILES string of the molecule is O=C(NCC1CCCCC1)C1(c2ccc(NS(=O)(=O)c3ccc(Br)s3)cc2)CC1. The van der Waals surface area contributed by atoms with E-state index in [9.17, 15) is 13.2 Å². The van der Waals surface area contributed by atoms with E-state index < -0.39 is 15.4 Å². The Bertz CT molecular complexity index is 976. The lowest BCUT2D eigenvalue weighted by Crippen LogP contribution is -2.38. The second-order valence-electron chi connectivity index (χ2n) is 8.04. The molecule has 8 heteroatoms. The average molecular weight is 497 g/mol. The quantitative estimate of drug-likeness (QED) is 0.563. The summed E-state index contributed by atoms with van der Waals surface area (Å²) in [5.74, 6) is 0.720. The first-order chi connectivity index (χ1) is 13.9. The normalized spacial score (nSPS) is 18.9. The zero-order chi connectivity index (χ0) is 20.5. The van der Waals surface area contributed by atoms with E-state index in [1.54, 1.807) is 24.3 Å². The predicted molar refractivity (Wildman–Crippen MR) is 120 cm³/mol. The smallest absolute Gasteiger partial charge is 0.271 e. The molecule has 2 saturated carbocycles. The maximum atomic E-state index is 12.8. The number of hydrogen-bond acceptors (Lipinski definition) is 4. The first-order valence-electron chi connectivity index (χ1n) is 10.1.